The highest BCUT2D eigenvalue weighted by Gasteiger charge is 2.35. The Morgan fingerprint density at radius 2 is 1.93 bits per heavy atom. The van der Waals surface area contributed by atoms with Gasteiger partial charge in [0.15, 0.2) is 0 Å². The van der Waals surface area contributed by atoms with Crippen molar-refractivity contribution < 1.29 is 8.78 Å². The van der Waals surface area contributed by atoms with Crippen molar-refractivity contribution in [3.63, 3.8) is 0 Å². The lowest BCUT2D eigenvalue weighted by Crippen LogP contribution is -2.40. The van der Waals surface area contributed by atoms with Crippen LogP contribution < -0.4 is 5.73 Å². The number of halogens is 2. The minimum absolute atomic E-state index is 0.420. The monoisotopic (exact) mass is 206 g/mol. The van der Waals surface area contributed by atoms with Crippen LogP contribution in [0.2, 0.25) is 0 Å². The Morgan fingerprint density at radius 1 is 1.36 bits per heavy atom. The summed E-state index contributed by atoms with van der Waals surface area (Å²) in [6.45, 7) is 4.28. The van der Waals surface area contributed by atoms with Gasteiger partial charge in [-0.15, -0.1) is 0 Å². The second-order valence-electron chi connectivity index (χ2n) is 4.21. The van der Waals surface area contributed by atoms with Crippen LogP contribution in [0.1, 0.15) is 26.2 Å². The number of hydrogen-bond donors (Lipinski definition) is 1. The third kappa shape index (κ3) is 3.50. The van der Waals surface area contributed by atoms with Gasteiger partial charge in [0.05, 0.1) is 0 Å². The van der Waals surface area contributed by atoms with Gasteiger partial charge in [-0.25, -0.2) is 8.78 Å². The van der Waals surface area contributed by atoms with Crippen molar-refractivity contribution in [1.82, 2.24) is 4.90 Å². The summed E-state index contributed by atoms with van der Waals surface area (Å²) in [6.07, 6.45) is 2.20. The smallest absolute Gasteiger partial charge is 0.248 e. The molecule has 1 fully saturated rings. The van der Waals surface area contributed by atoms with Crippen LogP contribution in [0, 0.1) is 5.92 Å². The molecule has 0 aliphatic carbocycles. The minimum Gasteiger partial charge on any atom is -0.330 e. The fourth-order valence-electron chi connectivity index (χ4n) is 1.98. The van der Waals surface area contributed by atoms with E-state index in [1.165, 1.54) is 0 Å². The first-order valence-corrected chi connectivity index (χ1v) is 5.34. The van der Waals surface area contributed by atoms with Crippen LogP contribution in [0.15, 0.2) is 0 Å². The minimum atomic E-state index is -2.50. The summed E-state index contributed by atoms with van der Waals surface area (Å²) in [5.74, 6) is -2.92. The van der Waals surface area contributed by atoms with Crippen molar-refractivity contribution in [1.29, 1.82) is 0 Å². The lowest BCUT2D eigenvalue weighted by atomic mass is 9.91. The first-order chi connectivity index (χ1) is 6.54. The molecule has 0 aromatic carbocycles. The normalized spacial score (nSPS) is 21.4. The standard InChI is InChI=1S/C10H20F2N2/c1-10(11,12)9-3-7-14(8-4-9)6-2-5-13/h9H,2-8,13H2,1H3. The molecular formula is C10H20F2N2. The van der Waals surface area contributed by atoms with Gasteiger partial charge in [-0.05, 0) is 52.4 Å². The van der Waals surface area contributed by atoms with Crippen LogP contribution in [-0.4, -0.2) is 37.0 Å². The van der Waals surface area contributed by atoms with Gasteiger partial charge in [0.25, 0.3) is 0 Å². The molecule has 1 heterocycles. The van der Waals surface area contributed by atoms with Crippen molar-refractivity contribution >= 4 is 0 Å². The first kappa shape index (κ1) is 11.9. The molecule has 0 aromatic rings. The summed E-state index contributed by atoms with van der Waals surface area (Å²) < 4.78 is 25.9. The lowest BCUT2D eigenvalue weighted by Gasteiger charge is -2.34. The molecule has 0 spiro atoms. The Bertz CT molecular complexity index is 160. The van der Waals surface area contributed by atoms with E-state index >= 15 is 0 Å². The molecule has 84 valence electrons. The Hall–Kier alpha value is -0.220. The number of hydrogen-bond acceptors (Lipinski definition) is 2. The topological polar surface area (TPSA) is 29.3 Å². The van der Waals surface area contributed by atoms with Gasteiger partial charge in [-0.2, -0.15) is 0 Å². The Balaban J connectivity index is 2.24. The largest absolute Gasteiger partial charge is 0.330 e. The van der Waals surface area contributed by atoms with Crippen LogP contribution in [-0.2, 0) is 0 Å². The van der Waals surface area contributed by atoms with Gasteiger partial charge < -0.3 is 10.6 Å². The lowest BCUT2D eigenvalue weighted by molar-refractivity contribution is -0.0619. The summed E-state index contributed by atoms with van der Waals surface area (Å²) in [7, 11) is 0. The van der Waals surface area contributed by atoms with Crippen molar-refractivity contribution in [3.05, 3.63) is 0 Å². The maximum absolute atomic E-state index is 12.9. The predicted octanol–water partition coefficient (Wildman–Crippen LogP) is 1.70. The van der Waals surface area contributed by atoms with Gasteiger partial charge in [0.2, 0.25) is 5.92 Å². The third-order valence-electron chi connectivity index (χ3n) is 2.98. The van der Waals surface area contributed by atoms with E-state index in [9.17, 15) is 8.78 Å². The molecule has 4 heteroatoms. The van der Waals surface area contributed by atoms with Crippen molar-refractivity contribution in [2.75, 3.05) is 26.2 Å². The summed E-state index contributed by atoms with van der Waals surface area (Å²) in [5, 5.41) is 0. The molecule has 0 bridgehead atoms. The second kappa shape index (κ2) is 5.03. The highest BCUT2D eigenvalue weighted by atomic mass is 19.3. The van der Waals surface area contributed by atoms with Crippen LogP contribution in [0.5, 0.6) is 0 Å². The average Bonchev–Trinajstić information content (AvgIpc) is 2.14. The average molecular weight is 206 g/mol. The van der Waals surface area contributed by atoms with Crippen LogP contribution in [0.4, 0.5) is 8.78 Å². The highest BCUT2D eigenvalue weighted by Crippen LogP contribution is 2.32. The van der Waals surface area contributed by atoms with Crippen molar-refractivity contribution in [2.45, 2.75) is 32.1 Å². The summed E-state index contributed by atoms with van der Waals surface area (Å²) in [6, 6.07) is 0. The van der Waals surface area contributed by atoms with E-state index in [1.807, 2.05) is 0 Å². The zero-order valence-corrected chi connectivity index (χ0v) is 8.81. The number of rotatable bonds is 4. The zero-order chi connectivity index (χ0) is 10.6. The first-order valence-electron chi connectivity index (χ1n) is 5.34. The molecule has 0 radical (unpaired) electrons. The van der Waals surface area contributed by atoms with Crippen LogP contribution in [0.25, 0.3) is 0 Å². The Morgan fingerprint density at radius 3 is 2.36 bits per heavy atom. The molecule has 0 saturated carbocycles. The van der Waals surface area contributed by atoms with E-state index in [4.69, 9.17) is 5.73 Å². The summed E-state index contributed by atoms with van der Waals surface area (Å²) in [4.78, 5) is 2.23. The molecule has 1 aliphatic rings. The fourth-order valence-corrected chi connectivity index (χ4v) is 1.98. The molecular weight excluding hydrogens is 186 g/mol. The fraction of sp³-hybridized carbons (Fsp3) is 1.00. The van der Waals surface area contributed by atoms with Gasteiger partial charge in [0, 0.05) is 5.92 Å². The highest BCUT2D eigenvalue weighted by molar-refractivity contribution is 4.79. The van der Waals surface area contributed by atoms with E-state index in [1.54, 1.807) is 0 Å². The molecule has 2 nitrogen and oxygen atoms in total. The van der Waals surface area contributed by atoms with Gasteiger partial charge in [-0.3, -0.25) is 0 Å². The third-order valence-corrected chi connectivity index (χ3v) is 2.98. The van der Waals surface area contributed by atoms with Gasteiger partial charge in [-0.1, -0.05) is 0 Å². The number of likely N-dealkylation sites (tertiary alicyclic amines) is 1. The molecule has 1 rings (SSSR count). The molecule has 0 amide bonds. The van der Waals surface area contributed by atoms with E-state index in [0.717, 1.165) is 33.0 Å². The van der Waals surface area contributed by atoms with Crippen molar-refractivity contribution in [3.8, 4) is 0 Å². The van der Waals surface area contributed by atoms with Crippen LogP contribution >= 0.6 is 0 Å². The molecule has 0 unspecified atom stereocenters. The van der Waals surface area contributed by atoms with E-state index in [-0.39, 0.29) is 0 Å². The molecule has 0 atom stereocenters. The number of alkyl halides is 2. The van der Waals surface area contributed by atoms with Crippen LogP contribution in [0.3, 0.4) is 0 Å². The van der Waals surface area contributed by atoms with E-state index in [2.05, 4.69) is 4.90 Å². The number of nitrogens with two attached hydrogens (primary N) is 1. The molecule has 2 N–H and O–H groups in total. The Labute approximate surface area is 84.4 Å². The molecule has 1 saturated heterocycles. The van der Waals surface area contributed by atoms with E-state index < -0.39 is 11.8 Å². The SMILES string of the molecule is CC(F)(F)C1CCN(CCCN)CC1. The molecule has 1 aliphatic heterocycles. The number of nitrogens with zero attached hydrogens (tertiary/aromatic N) is 1. The second-order valence-corrected chi connectivity index (χ2v) is 4.21. The molecule has 14 heavy (non-hydrogen) atoms. The van der Waals surface area contributed by atoms with Crippen molar-refractivity contribution in [2.24, 2.45) is 11.7 Å². The quantitative estimate of drug-likeness (QED) is 0.758. The summed E-state index contributed by atoms with van der Waals surface area (Å²) >= 11 is 0. The zero-order valence-electron chi connectivity index (χ0n) is 8.81. The maximum Gasteiger partial charge on any atom is 0.248 e. The van der Waals surface area contributed by atoms with Gasteiger partial charge >= 0.3 is 0 Å². The van der Waals surface area contributed by atoms with E-state index in [0.29, 0.717) is 19.4 Å². The summed E-state index contributed by atoms with van der Waals surface area (Å²) in [5.41, 5.74) is 5.40. The number of piperidine rings is 1. The Kier molecular flexibility index (Phi) is 4.26. The molecule has 0 aromatic heterocycles. The van der Waals surface area contributed by atoms with Gasteiger partial charge in [0.1, 0.15) is 0 Å². The predicted molar refractivity (Wildman–Crippen MR) is 53.5 cm³/mol. The maximum atomic E-state index is 12.9.